The second-order valence-corrected chi connectivity index (χ2v) is 8.92. The molecular weight excluding hydrogens is 499 g/mol. The minimum absolute atomic E-state index is 0.200. The fourth-order valence-electron chi connectivity index (χ4n) is 3.96. The highest BCUT2D eigenvalue weighted by Crippen LogP contribution is 2.32. The number of amides is 4. The van der Waals surface area contributed by atoms with Crippen molar-refractivity contribution in [3.8, 4) is 5.75 Å². The Kier molecular flexibility index (Phi) is 6.46. The Labute approximate surface area is 216 Å². The number of ether oxygens (including phenoxy) is 1. The third kappa shape index (κ3) is 4.69. The van der Waals surface area contributed by atoms with Crippen LogP contribution in [-0.2, 0) is 16.2 Å². The molecule has 0 radical (unpaired) electrons. The second-order valence-electron chi connectivity index (χ2n) is 8.05. The van der Waals surface area contributed by atoms with Crippen LogP contribution in [0.15, 0.2) is 90.5 Å². The molecule has 0 bridgehead atoms. The van der Waals surface area contributed by atoms with E-state index in [9.17, 15) is 14.4 Å². The van der Waals surface area contributed by atoms with Crippen molar-refractivity contribution in [1.82, 2.24) is 5.32 Å². The van der Waals surface area contributed by atoms with Gasteiger partial charge in [-0.1, -0.05) is 65.7 Å². The quantitative estimate of drug-likeness (QED) is 0.246. The zero-order valence-corrected chi connectivity index (χ0v) is 20.2. The van der Waals surface area contributed by atoms with Crippen LogP contribution < -0.4 is 15.0 Å². The maximum Gasteiger partial charge on any atom is 0.335 e. The van der Waals surface area contributed by atoms with Gasteiger partial charge in [0.1, 0.15) is 17.9 Å². The van der Waals surface area contributed by atoms with Crippen molar-refractivity contribution in [2.45, 2.75) is 6.61 Å². The lowest BCUT2D eigenvalue weighted by Gasteiger charge is -2.26. The number of carbonyl (C=O) groups excluding carboxylic acids is 3. The van der Waals surface area contributed by atoms with E-state index in [0.29, 0.717) is 21.4 Å². The van der Waals surface area contributed by atoms with Crippen molar-refractivity contribution in [1.29, 1.82) is 0 Å². The van der Waals surface area contributed by atoms with E-state index in [4.69, 9.17) is 27.9 Å². The molecule has 0 atom stereocenters. The Morgan fingerprint density at radius 3 is 2.39 bits per heavy atom. The topological polar surface area (TPSA) is 75.7 Å². The first-order valence-electron chi connectivity index (χ1n) is 11.0. The molecule has 4 aromatic carbocycles. The highest BCUT2D eigenvalue weighted by Gasteiger charge is 2.37. The summed E-state index contributed by atoms with van der Waals surface area (Å²) in [6.45, 7) is 0.227. The number of nitrogens with one attached hydrogen (secondary N) is 1. The summed E-state index contributed by atoms with van der Waals surface area (Å²) in [5, 5.41) is 4.97. The van der Waals surface area contributed by atoms with Gasteiger partial charge in [0.05, 0.1) is 5.69 Å². The molecule has 1 aliphatic rings. The molecule has 5 rings (SSSR count). The van der Waals surface area contributed by atoms with Crippen molar-refractivity contribution >= 4 is 63.6 Å². The van der Waals surface area contributed by atoms with Crippen LogP contribution in [0, 0.1) is 0 Å². The summed E-state index contributed by atoms with van der Waals surface area (Å²) in [4.78, 5) is 39.6. The molecule has 0 aromatic heterocycles. The van der Waals surface area contributed by atoms with E-state index in [1.165, 1.54) is 18.2 Å². The van der Waals surface area contributed by atoms with E-state index < -0.39 is 17.8 Å². The van der Waals surface area contributed by atoms with Crippen molar-refractivity contribution in [2.24, 2.45) is 0 Å². The lowest BCUT2D eigenvalue weighted by atomic mass is 9.99. The van der Waals surface area contributed by atoms with E-state index in [2.05, 4.69) is 5.32 Å². The fourth-order valence-corrected chi connectivity index (χ4v) is 4.30. The summed E-state index contributed by atoms with van der Waals surface area (Å²) < 4.78 is 6.10. The fraction of sp³-hybridized carbons (Fsp3) is 0.0357. The molecule has 8 heteroatoms. The summed E-state index contributed by atoms with van der Waals surface area (Å²) in [5.41, 5.74) is 1.49. The van der Waals surface area contributed by atoms with Gasteiger partial charge in [0.2, 0.25) is 0 Å². The minimum atomic E-state index is -0.833. The van der Waals surface area contributed by atoms with Crippen LogP contribution in [-0.4, -0.2) is 17.8 Å². The number of imide groups is 2. The summed E-state index contributed by atoms with van der Waals surface area (Å²) in [6.07, 6.45) is 1.46. The first-order valence-corrected chi connectivity index (χ1v) is 11.7. The van der Waals surface area contributed by atoms with Gasteiger partial charge in [-0.05, 0) is 64.9 Å². The molecule has 1 heterocycles. The number of carbonyl (C=O) groups is 3. The number of fused-ring (bicyclic) bond motifs is 1. The van der Waals surface area contributed by atoms with Crippen LogP contribution >= 0.6 is 23.2 Å². The van der Waals surface area contributed by atoms with Gasteiger partial charge in [0.15, 0.2) is 0 Å². The smallest absolute Gasteiger partial charge is 0.335 e. The lowest BCUT2D eigenvalue weighted by molar-refractivity contribution is -0.122. The number of rotatable bonds is 5. The average Bonchev–Trinajstić information content (AvgIpc) is 2.86. The van der Waals surface area contributed by atoms with Crippen molar-refractivity contribution in [3.63, 3.8) is 0 Å². The third-order valence-corrected chi connectivity index (χ3v) is 6.18. The SMILES string of the molecule is O=C1NC(=O)N(c2ccc(Cl)cc2)C(=O)/C1=C/c1c(OCc2cccc(Cl)c2)ccc2ccccc12. The van der Waals surface area contributed by atoms with Crippen LogP contribution in [0.4, 0.5) is 10.5 Å². The van der Waals surface area contributed by atoms with Gasteiger partial charge in [0, 0.05) is 15.6 Å². The van der Waals surface area contributed by atoms with Gasteiger partial charge in [0.25, 0.3) is 11.8 Å². The summed E-state index contributed by atoms with van der Waals surface area (Å²) in [5.74, 6) is -1.07. The molecule has 4 amide bonds. The first kappa shape index (κ1) is 23.6. The number of benzene rings is 4. The molecule has 1 fully saturated rings. The predicted octanol–water partition coefficient (Wildman–Crippen LogP) is 6.39. The van der Waals surface area contributed by atoms with E-state index in [1.54, 1.807) is 30.3 Å². The third-order valence-electron chi connectivity index (χ3n) is 5.69. The predicted molar refractivity (Wildman–Crippen MR) is 140 cm³/mol. The number of nitrogens with zero attached hydrogens (tertiary/aromatic N) is 1. The van der Waals surface area contributed by atoms with Crippen LogP contribution in [0.3, 0.4) is 0 Å². The van der Waals surface area contributed by atoms with Gasteiger partial charge in [-0.2, -0.15) is 0 Å². The number of barbiturate groups is 1. The molecule has 1 saturated heterocycles. The Balaban J connectivity index is 1.58. The number of urea groups is 1. The van der Waals surface area contributed by atoms with Gasteiger partial charge >= 0.3 is 6.03 Å². The molecular formula is C28H18Cl2N2O4. The van der Waals surface area contributed by atoms with Gasteiger partial charge < -0.3 is 4.74 Å². The van der Waals surface area contributed by atoms with E-state index >= 15 is 0 Å². The normalized spacial score (nSPS) is 14.9. The summed E-state index contributed by atoms with van der Waals surface area (Å²) in [7, 11) is 0. The Bertz CT molecular complexity index is 1550. The standard InChI is InChI=1S/C28H18Cl2N2O4/c29-19-9-11-21(12-10-19)32-27(34)24(26(33)31-28(32)35)15-23-22-7-2-1-5-18(22)8-13-25(23)36-16-17-4-3-6-20(30)14-17/h1-15H,16H2,(H,31,33,35)/b24-15+. The minimum Gasteiger partial charge on any atom is -0.488 e. The molecule has 6 nitrogen and oxygen atoms in total. The van der Waals surface area contributed by atoms with Gasteiger partial charge in [-0.15, -0.1) is 0 Å². The average molecular weight is 517 g/mol. The summed E-state index contributed by atoms with van der Waals surface area (Å²) >= 11 is 12.0. The molecule has 178 valence electrons. The Morgan fingerprint density at radius 2 is 1.61 bits per heavy atom. The van der Waals surface area contributed by atoms with E-state index in [-0.39, 0.29) is 17.9 Å². The molecule has 1 N–H and O–H groups in total. The zero-order chi connectivity index (χ0) is 25.2. The zero-order valence-electron chi connectivity index (χ0n) is 18.7. The highest BCUT2D eigenvalue weighted by molar-refractivity contribution is 6.39. The lowest BCUT2D eigenvalue weighted by Crippen LogP contribution is -2.54. The number of anilines is 1. The molecule has 1 aliphatic heterocycles. The van der Waals surface area contributed by atoms with Crippen LogP contribution in [0.25, 0.3) is 16.8 Å². The number of hydrogen-bond donors (Lipinski definition) is 1. The van der Waals surface area contributed by atoms with E-state index in [0.717, 1.165) is 21.2 Å². The van der Waals surface area contributed by atoms with Crippen LogP contribution in [0.2, 0.25) is 10.0 Å². The molecule has 36 heavy (non-hydrogen) atoms. The largest absolute Gasteiger partial charge is 0.488 e. The monoisotopic (exact) mass is 516 g/mol. The Hall–Kier alpha value is -4.13. The van der Waals surface area contributed by atoms with Crippen LogP contribution in [0.5, 0.6) is 5.75 Å². The van der Waals surface area contributed by atoms with Crippen LogP contribution in [0.1, 0.15) is 11.1 Å². The molecule has 0 aliphatic carbocycles. The molecule has 0 spiro atoms. The molecule has 0 saturated carbocycles. The first-order chi connectivity index (χ1) is 17.4. The highest BCUT2D eigenvalue weighted by atomic mass is 35.5. The second kappa shape index (κ2) is 9.85. The number of halogens is 2. The van der Waals surface area contributed by atoms with Crippen molar-refractivity contribution in [3.05, 3.63) is 112 Å². The molecule has 4 aromatic rings. The van der Waals surface area contributed by atoms with Crippen molar-refractivity contribution < 1.29 is 19.1 Å². The van der Waals surface area contributed by atoms with Crippen molar-refractivity contribution in [2.75, 3.05) is 4.90 Å². The van der Waals surface area contributed by atoms with Gasteiger partial charge in [-0.25, -0.2) is 9.69 Å². The summed E-state index contributed by atoms with van der Waals surface area (Å²) in [6, 6.07) is 23.9. The maximum absolute atomic E-state index is 13.4. The van der Waals surface area contributed by atoms with E-state index in [1.807, 2.05) is 42.5 Å². The maximum atomic E-state index is 13.4. The molecule has 0 unspecified atom stereocenters. The van der Waals surface area contributed by atoms with Gasteiger partial charge in [-0.3, -0.25) is 14.9 Å². The Morgan fingerprint density at radius 1 is 0.833 bits per heavy atom. The number of hydrogen-bond acceptors (Lipinski definition) is 4.